The molecule has 0 fully saturated rings. The maximum atomic E-state index is 7.38. The molecule has 0 aromatic rings. The molecule has 0 aliphatic heterocycles. The van der Waals surface area contributed by atoms with Gasteiger partial charge in [-0.05, 0) is 0 Å². The Labute approximate surface area is 75.7 Å². The van der Waals surface area contributed by atoms with E-state index in [0.717, 1.165) is 0 Å². The molecule has 0 aliphatic carbocycles. The average molecular weight is 218 g/mol. The Hall–Kier alpha value is 1.85. The summed E-state index contributed by atoms with van der Waals surface area (Å²) in [5, 5.41) is 14.8. The third-order valence-corrected chi connectivity index (χ3v) is 0. The van der Waals surface area contributed by atoms with E-state index in [2.05, 4.69) is 11.5 Å². The van der Waals surface area contributed by atoms with E-state index < -0.39 is 6.53 Å². The summed E-state index contributed by atoms with van der Waals surface area (Å²) in [5.74, 6) is 0. The quantitative estimate of drug-likeness (QED) is 0.502. The van der Waals surface area contributed by atoms with E-state index in [4.69, 9.17) is 10.0 Å². The molecule has 2 N–H and O–H groups in total. The van der Waals surface area contributed by atoms with Crippen molar-refractivity contribution >= 4 is 66.9 Å². The zero-order chi connectivity index (χ0) is 3.58. The summed E-state index contributed by atoms with van der Waals surface area (Å²) in [7, 11) is 0. The fourth-order valence-electron chi connectivity index (χ4n) is 0. The van der Waals surface area contributed by atoms with Gasteiger partial charge in [-0.25, -0.2) is 0 Å². The van der Waals surface area contributed by atoms with Gasteiger partial charge in [0.05, 0.1) is 0 Å². The summed E-state index contributed by atoms with van der Waals surface area (Å²) in [6.07, 6.45) is 0. The first-order chi connectivity index (χ1) is 1.73. The molecular formula is H2BBaClO2. The van der Waals surface area contributed by atoms with Gasteiger partial charge in [0.2, 0.25) is 0 Å². The van der Waals surface area contributed by atoms with Crippen molar-refractivity contribution in [3.05, 3.63) is 0 Å². The van der Waals surface area contributed by atoms with Crippen LogP contribution in [0.25, 0.3) is 0 Å². The molecule has 0 atom stereocenters. The molecule has 0 bridgehead atoms. The van der Waals surface area contributed by atoms with Crippen LogP contribution in [-0.4, -0.2) is 65.5 Å². The van der Waals surface area contributed by atoms with Crippen molar-refractivity contribution in [2.75, 3.05) is 0 Å². The minimum absolute atomic E-state index is 0. The molecular weight excluding hydrogens is 216 g/mol. The van der Waals surface area contributed by atoms with E-state index in [1.54, 1.807) is 0 Å². The minimum atomic E-state index is -1.69. The predicted molar refractivity (Wildman–Crippen MR) is 21.8 cm³/mol. The topological polar surface area (TPSA) is 40.5 Å². The Bertz CT molecular complexity index is 14.4. The van der Waals surface area contributed by atoms with Crippen molar-refractivity contribution in [1.82, 2.24) is 0 Å². The third-order valence-electron chi connectivity index (χ3n) is 0. The second-order valence-electron chi connectivity index (χ2n) is 0.311. The molecule has 0 saturated heterocycles. The molecule has 26 valence electrons. The summed E-state index contributed by atoms with van der Waals surface area (Å²) < 4.78 is 0. The molecule has 0 aromatic carbocycles. The molecule has 0 spiro atoms. The monoisotopic (exact) mass is 218 g/mol. The molecule has 0 heterocycles. The normalized spacial score (nSPS) is 5.40. The van der Waals surface area contributed by atoms with E-state index >= 15 is 0 Å². The van der Waals surface area contributed by atoms with Gasteiger partial charge < -0.3 is 10.0 Å². The SMILES string of the molecule is OB(O)Cl.[Ba]. The number of rotatable bonds is 0. The standard InChI is InChI=1S/BClH2O2.Ba/c2-1(3)4;/h3-4H;. The van der Waals surface area contributed by atoms with Crippen molar-refractivity contribution in [3.63, 3.8) is 0 Å². The van der Waals surface area contributed by atoms with Gasteiger partial charge in [0.1, 0.15) is 0 Å². The molecule has 2 radical (unpaired) electrons. The van der Waals surface area contributed by atoms with Gasteiger partial charge in [-0.1, -0.05) is 0 Å². The molecule has 2 nitrogen and oxygen atoms in total. The zero-order valence-corrected chi connectivity index (χ0v) is 7.75. The van der Waals surface area contributed by atoms with E-state index in [-0.39, 0.29) is 48.9 Å². The van der Waals surface area contributed by atoms with Crippen molar-refractivity contribution in [2.24, 2.45) is 0 Å². The Kier molecular flexibility index (Phi) is 11.6. The molecule has 0 saturated carbocycles. The third kappa shape index (κ3) is 25.4. The maximum Gasteiger partial charge on any atom is 0.566 e. The van der Waals surface area contributed by atoms with E-state index in [1.807, 2.05) is 0 Å². The van der Waals surface area contributed by atoms with Gasteiger partial charge in [-0.2, -0.15) is 0 Å². The van der Waals surface area contributed by atoms with Gasteiger partial charge in [-0.3, -0.25) is 0 Å². The zero-order valence-electron chi connectivity index (χ0n) is 2.56. The Balaban J connectivity index is 0. The summed E-state index contributed by atoms with van der Waals surface area (Å²) in [5.41, 5.74) is 0. The summed E-state index contributed by atoms with van der Waals surface area (Å²) >= 11 is 4.39. The molecule has 0 aliphatic rings. The van der Waals surface area contributed by atoms with Crippen LogP contribution in [0.2, 0.25) is 0 Å². The van der Waals surface area contributed by atoms with Crippen LogP contribution < -0.4 is 0 Å². The number of hydrogen-bond donors (Lipinski definition) is 2. The van der Waals surface area contributed by atoms with E-state index in [0.29, 0.717) is 0 Å². The van der Waals surface area contributed by atoms with Gasteiger partial charge in [0.15, 0.2) is 0 Å². The van der Waals surface area contributed by atoms with Crippen molar-refractivity contribution in [1.29, 1.82) is 0 Å². The number of hydrogen-bond acceptors (Lipinski definition) is 2. The van der Waals surface area contributed by atoms with Crippen molar-refractivity contribution in [3.8, 4) is 0 Å². The van der Waals surface area contributed by atoms with Gasteiger partial charge >= 0.3 is 6.53 Å². The molecule has 0 rings (SSSR count). The first kappa shape index (κ1) is 9.96. The Morgan fingerprint density at radius 3 is 1.40 bits per heavy atom. The Morgan fingerprint density at radius 2 is 1.40 bits per heavy atom. The van der Waals surface area contributed by atoms with Crippen LogP contribution in [0, 0.1) is 0 Å². The number of halogens is 1. The molecule has 5 heteroatoms. The van der Waals surface area contributed by atoms with Crippen LogP contribution in [0.5, 0.6) is 0 Å². The van der Waals surface area contributed by atoms with Crippen molar-refractivity contribution in [2.45, 2.75) is 0 Å². The van der Waals surface area contributed by atoms with Crippen LogP contribution in [0.1, 0.15) is 0 Å². The van der Waals surface area contributed by atoms with Crippen LogP contribution in [0.4, 0.5) is 0 Å². The Morgan fingerprint density at radius 1 is 1.40 bits per heavy atom. The average Bonchev–Trinajstić information content (AvgIpc) is 0.811. The first-order valence-electron chi connectivity index (χ1n) is 0.735. The van der Waals surface area contributed by atoms with Crippen LogP contribution in [0.3, 0.4) is 0 Å². The smallest absolute Gasteiger partial charge is 0.414 e. The summed E-state index contributed by atoms with van der Waals surface area (Å²) in [4.78, 5) is 0. The predicted octanol–water partition coefficient (Wildman–Crippen LogP) is -1.19. The largest absolute Gasteiger partial charge is 0.566 e. The van der Waals surface area contributed by atoms with Crippen molar-refractivity contribution < 1.29 is 10.0 Å². The van der Waals surface area contributed by atoms with Gasteiger partial charge in [-0.15, -0.1) is 11.5 Å². The summed E-state index contributed by atoms with van der Waals surface area (Å²) in [6.45, 7) is -1.69. The molecule has 5 heavy (non-hydrogen) atoms. The second kappa shape index (κ2) is 5.85. The van der Waals surface area contributed by atoms with Gasteiger partial charge in [0, 0.05) is 48.9 Å². The fraction of sp³-hybridized carbons (Fsp3) is 0. The fourth-order valence-corrected chi connectivity index (χ4v) is 0. The van der Waals surface area contributed by atoms with Crippen LogP contribution in [-0.2, 0) is 0 Å². The maximum absolute atomic E-state index is 7.38. The van der Waals surface area contributed by atoms with Crippen LogP contribution >= 0.6 is 11.5 Å². The summed E-state index contributed by atoms with van der Waals surface area (Å²) in [6, 6.07) is 0. The molecule has 0 aromatic heterocycles. The first-order valence-corrected chi connectivity index (χ1v) is 1.17. The van der Waals surface area contributed by atoms with E-state index in [1.165, 1.54) is 0 Å². The molecule has 0 amide bonds. The van der Waals surface area contributed by atoms with Crippen LogP contribution in [0.15, 0.2) is 0 Å². The minimum Gasteiger partial charge on any atom is -0.414 e. The molecule has 0 unspecified atom stereocenters. The second-order valence-corrected chi connectivity index (χ2v) is 0.701. The van der Waals surface area contributed by atoms with E-state index in [9.17, 15) is 0 Å². The van der Waals surface area contributed by atoms with Gasteiger partial charge in [0.25, 0.3) is 0 Å².